The number of H-pyrrole nitrogens is 1. The van der Waals surface area contributed by atoms with Gasteiger partial charge in [0.25, 0.3) is 0 Å². The van der Waals surface area contributed by atoms with E-state index < -0.39 is 59.7 Å². The van der Waals surface area contributed by atoms with Gasteiger partial charge in [0, 0.05) is 6.92 Å². The molecule has 0 aliphatic carbocycles. The highest BCUT2D eigenvalue weighted by atomic mass is 19.1. The third kappa shape index (κ3) is 4.18. The molecule has 13 heteroatoms. The summed E-state index contributed by atoms with van der Waals surface area (Å²) in [7, 11) is 0. The summed E-state index contributed by atoms with van der Waals surface area (Å²) in [5, 5.41) is 8.88. The van der Waals surface area contributed by atoms with Gasteiger partial charge in [0.15, 0.2) is 0 Å². The lowest BCUT2D eigenvalue weighted by molar-refractivity contribution is -0.258. The Morgan fingerprint density at radius 2 is 1.58 bits per heavy atom. The molecule has 0 aliphatic rings. The van der Waals surface area contributed by atoms with Gasteiger partial charge >= 0.3 is 34.9 Å². The van der Waals surface area contributed by atoms with Gasteiger partial charge in [-0.2, -0.15) is 13.3 Å². The Kier molecular flexibility index (Phi) is 6.12. The van der Waals surface area contributed by atoms with Crippen molar-refractivity contribution in [2.45, 2.75) is 19.4 Å². The first kappa shape index (κ1) is 20.7. The topological polar surface area (TPSA) is 150 Å². The summed E-state index contributed by atoms with van der Waals surface area (Å²) >= 11 is 0. The molecule has 2 N–H and O–H groups in total. The number of esters is 2. The van der Waals surface area contributed by atoms with Crippen molar-refractivity contribution in [3.8, 4) is 0 Å². The van der Waals surface area contributed by atoms with Crippen molar-refractivity contribution in [2.24, 2.45) is 0 Å². The van der Waals surface area contributed by atoms with Gasteiger partial charge in [-0.05, 0) is 0 Å². The van der Waals surface area contributed by atoms with E-state index in [0.29, 0.717) is 6.92 Å². The molecule has 142 valence electrons. The summed E-state index contributed by atoms with van der Waals surface area (Å²) in [6.07, 6.45) is 0. The van der Waals surface area contributed by atoms with E-state index in [1.807, 2.05) is 0 Å². The third-order valence-corrected chi connectivity index (χ3v) is 2.82. The summed E-state index contributed by atoms with van der Waals surface area (Å²) in [4.78, 5) is 60.4. The maximum atomic E-state index is 12.9. The van der Waals surface area contributed by atoms with Crippen molar-refractivity contribution in [1.82, 2.24) is 14.1 Å². The zero-order valence-electron chi connectivity index (χ0n) is 13.3. The molecule has 1 rings (SSSR count). The first-order valence-electron chi connectivity index (χ1n) is 6.67. The molecule has 1 aromatic rings. The molecule has 0 saturated carbocycles. The van der Waals surface area contributed by atoms with E-state index in [1.54, 1.807) is 4.98 Å². The van der Waals surface area contributed by atoms with E-state index in [4.69, 9.17) is 5.11 Å². The van der Waals surface area contributed by atoms with Gasteiger partial charge in [-0.15, -0.1) is 0 Å². The predicted octanol–water partition coefficient (Wildman–Crippen LogP) is -1.63. The van der Waals surface area contributed by atoms with Crippen molar-refractivity contribution in [3.63, 3.8) is 0 Å². The van der Waals surface area contributed by atoms with E-state index in [-0.39, 0.29) is 9.13 Å². The summed E-state index contributed by atoms with van der Waals surface area (Å²) in [5.41, 5.74) is -4.29. The minimum absolute atomic E-state index is 0.105. The number of aliphatic hydroxyl groups excluding tert-OH is 1. The lowest BCUT2D eigenvalue weighted by Gasteiger charge is -2.29. The molecule has 1 aromatic heterocycles. The molecular formula is C13H13F2N3O8. The molecule has 0 atom stereocenters. The molecular weight excluding hydrogens is 364 g/mol. The van der Waals surface area contributed by atoms with Crippen LogP contribution in [-0.4, -0.2) is 37.8 Å². The van der Waals surface area contributed by atoms with Crippen LogP contribution in [0.4, 0.5) is 8.78 Å². The highest BCUT2D eigenvalue weighted by Gasteiger charge is 2.41. The molecule has 11 nitrogen and oxygen atoms in total. The zero-order valence-corrected chi connectivity index (χ0v) is 13.3. The van der Waals surface area contributed by atoms with Crippen LogP contribution in [-0.2, 0) is 31.5 Å². The Labute approximate surface area is 142 Å². The Bertz CT molecular complexity index is 914. The number of aromatic nitrogens is 3. The van der Waals surface area contributed by atoms with Crippen LogP contribution >= 0.6 is 0 Å². The van der Waals surface area contributed by atoms with E-state index >= 15 is 0 Å². The normalized spacial score (nSPS) is 10.9. The van der Waals surface area contributed by atoms with Crippen LogP contribution in [0.25, 0.3) is 0 Å². The fourth-order valence-corrected chi connectivity index (χ4v) is 1.73. The van der Waals surface area contributed by atoms with Gasteiger partial charge in [0.1, 0.15) is 0 Å². The van der Waals surface area contributed by atoms with Gasteiger partial charge in [0.05, 0.1) is 13.2 Å². The lowest BCUT2D eigenvalue weighted by Crippen LogP contribution is -2.58. The predicted molar refractivity (Wildman–Crippen MR) is 79.0 cm³/mol. The van der Waals surface area contributed by atoms with Crippen LogP contribution in [0.15, 0.2) is 39.2 Å². The van der Waals surface area contributed by atoms with E-state index in [9.17, 15) is 32.8 Å². The van der Waals surface area contributed by atoms with Crippen LogP contribution in [0.2, 0.25) is 0 Å². The van der Waals surface area contributed by atoms with Gasteiger partial charge in [-0.1, -0.05) is 13.2 Å². The van der Waals surface area contributed by atoms with E-state index in [2.05, 4.69) is 22.6 Å². The second-order valence-electron chi connectivity index (χ2n) is 4.72. The molecule has 26 heavy (non-hydrogen) atoms. The van der Waals surface area contributed by atoms with Crippen LogP contribution in [0.5, 0.6) is 0 Å². The molecule has 0 amide bonds. The average Bonchev–Trinajstić information content (AvgIpc) is 2.50. The number of aromatic amines is 1. The van der Waals surface area contributed by atoms with E-state index in [1.165, 1.54) is 0 Å². The largest absolute Gasteiger partial charge is 0.398 e. The highest BCUT2D eigenvalue weighted by Crippen LogP contribution is 2.20. The van der Waals surface area contributed by atoms with Crippen LogP contribution < -0.4 is 17.1 Å². The minimum atomic E-state index is -3.02. The van der Waals surface area contributed by atoms with Crippen molar-refractivity contribution in [3.05, 3.63) is 56.3 Å². The number of hydrogen-bond donors (Lipinski definition) is 2. The van der Waals surface area contributed by atoms with Crippen molar-refractivity contribution in [1.29, 1.82) is 0 Å². The quantitative estimate of drug-likeness (QED) is 0.327. The van der Waals surface area contributed by atoms with Crippen LogP contribution in [0.3, 0.4) is 0 Å². The van der Waals surface area contributed by atoms with Gasteiger partial charge in [-0.3, -0.25) is 4.98 Å². The Hall–Kier alpha value is -3.35. The fraction of sp³-hybridized carbons (Fsp3) is 0.308. The number of halogens is 2. The molecule has 0 radical (unpaired) electrons. The number of ether oxygens (including phenoxy) is 2. The number of hydrogen-bond acceptors (Lipinski definition) is 8. The first-order valence-corrected chi connectivity index (χ1v) is 6.67. The number of nitrogens with zero attached hydrogens (tertiary/aromatic N) is 2. The number of aliphatic hydroxyl groups is 1. The van der Waals surface area contributed by atoms with Gasteiger partial charge < -0.3 is 14.6 Å². The Morgan fingerprint density at radius 3 is 1.96 bits per heavy atom. The first-order chi connectivity index (χ1) is 11.9. The van der Waals surface area contributed by atoms with Crippen molar-refractivity contribution >= 4 is 11.9 Å². The summed E-state index contributed by atoms with van der Waals surface area (Å²) in [6, 6.07) is 0. The number of carbonyl (C=O) groups excluding carboxylic acids is 2. The number of nitrogens with one attached hydrogen (secondary N) is 1. The second-order valence-corrected chi connectivity index (χ2v) is 4.72. The second kappa shape index (κ2) is 7.69. The smallest absolute Gasteiger partial charge is 0.371 e. The Balaban J connectivity index is 3.72. The summed E-state index contributed by atoms with van der Waals surface area (Å²) < 4.78 is 34.9. The molecule has 0 aromatic carbocycles. The summed E-state index contributed by atoms with van der Waals surface area (Å²) in [5.74, 6) is -10.1. The standard InChI is InChI=1S/C13H13F2N3O8/c1-6(14)8(20)25-13(3,26-9(21)7(2)15)18-11(23)16-10(22)17(4-5-19)12(18)24/h19H,1-2,4-5H2,3H3,(H,16,22,23). The maximum Gasteiger partial charge on any atom is 0.371 e. The zero-order chi connectivity index (χ0) is 20.2. The average molecular weight is 377 g/mol. The van der Waals surface area contributed by atoms with E-state index in [0.717, 1.165) is 0 Å². The SMILES string of the molecule is C=C(F)C(=O)OC(C)(OC(=O)C(=C)F)n1c(=O)[nH]c(=O)n(CCO)c1=O. The molecule has 0 bridgehead atoms. The van der Waals surface area contributed by atoms with Gasteiger partial charge in [-0.25, -0.2) is 28.5 Å². The summed E-state index contributed by atoms with van der Waals surface area (Å²) in [6.45, 7) is 4.55. The molecule has 0 spiro atoms. The molecule has 1 heterocycles. The van der Waals surface area contributed by atoms with Crippen molar-refractivity contribution < 1.29 is 33.0 Å². The van der Waals surface area contributed by atoms with Gasteiger partial charge in [0.2, 0.25) is 11.7 Å². The maximum absolute atomic E-state index is 12.9. The van der Waals surface area contributed by atoms with Crippen molar-refractivity contribution in [2.75, 3.05) is 6.61 Å². The van der Waals surface area contributed by atoms with Crippen LogP contribution in [0.1, 0.15) is 6.92 Å². The molecule has 0 fully saturated rings. The highest BCUT2D eigenvalue weighted by molar-refractivity contribution is 5.87. The monoisotopic (exact) mass is 377 g/mol. The molecule has 0 unspecified atom stereocenters. The molecule has 0 saturated heterocycles. The lowest BCUT2D eigenvalue weighted by atomic mass is 10.4. The number of carbonyl (C=O) groups is 2. The number of rotatable bonds is 7. The third-order valence-electron chi connectivity index (χ3n) is 2.82. The Morgan fingerprint density at radius 1 is 1.12 bits per heavy atom. The molecule has 0 aliphatic heterocycles. The minimum Gasteiger partial charge on any atom is -0.398 e. The fourth-order valence-electron chi connectivity index (χ4n) is 1.73. The van der Waals surface area contributed by atoms with Crippen LogP contribution in [0, 0.1) is 0 Å².